The molecule has 2 aromatic rings. The highest BCUT2D eigenvalue weighted by atomic mass is 35.5. The van der Waals surface area contributed by atoms with Crippen LogP contribution in [0.1, 0.15) is 59.8 Å². The first-order chi connectivity index (χ1) is 27.2. The third kappa shape index (κ3) is 8.90. The van der Waals surface area contributed by atoms with Gasteiger partial charge in [-0.05, 0) is 62.0 Å². The predicted molar refractivity (Wildman–Crippen MR) is 210 cm³/mol. The fraction of sp³-hybridized carbons (Fsp3) is 0.634. The minimum absolute atomic E-state index is 0.0302. The Balaban J connectivity index is 1.13. The Bertz CT molecular complexity index is 1870. The van der Waals surface area contributed by atoms with Gasteiger partial charge in [0.05, 0.1) is 26.4 Å². The summed E-state index contributed by atoms with van der Waals surface area (Å²) in [6.07, 6.45) is 2.91. The molecule has 1 aromatic carbocycles. The first-order valence-electron chi connectivity index (χ1n) is 20.0. The number of amides is 3. The minimum Gasteiger partial charge on any atom is -0.491 e. The number of benzene rings is 1. The molecule has 2 aliphatic heterocycles. The van der Waals surface area contributed by atoms with Crippen LogP contribution in [0, 0.1) is 23.2 Å². The molecule has 16 heteroatoms. The summed E-state index contributed by atoms with van der Waals surface area (Å²) in [7, 11) is 0. The highest BCUT2D eigenvalue weighted by Crippen LogP contribution is 2.52. The zero-order valence-electron chi connectivity index (χ0n) is 33.1. The molecule has 7 rings (SSSR count). The topological polar surface area (TPSA) is 178 Å². The normalized spacial score (nSPS) is 28.5. The van der Waals surface area contributed by atoms with Crippen molar-refractivity contribution in [2.24, 2.45) is 23.2 Å². The summed E-state index contributed by atoms with van der Waals surface area (Å²) in [5, 5.41) is 16.5. The quantitative estimate of drug-likeness (QED) is 0.216. The number of likely N-dealkylation sites (tertiary alicyclic amines) is 1. The molecular formula is C41H54ClN5O10. The fourth-order valence-corrected chi connectivity index (χ4v) is 8.73. The molecule has 15 nitrogen and oxygen atoms in total. The number of morpholine rings is 1. The first-order valence-corrected chi connectivity index (χ1v) is 20.4. The van der Waals surface area contributed by atoms with Gasteiger partial charge in [-0.2, -0.15) is 0 Å². The van der Waals surface area contributed by atoms with Gasteiger partial charge in [0.15, 0.2) is 0 Å². The summed E-state index contributed by atoms with van der Waals surface area (Å²) in [6.45, 7) is 15.5. The number of carbonyl (C=O) groups is 4. The Kier molecular flexibility index (Phi) is 11.8. The van der Waals surface area contributed by atoms with E-state index in [1.165, 1.54) is 17.4 Å². The van der Waals surface area contributed by atoms with Crippen molar-refractivity contribution in [3.8, 4) is 17.4 Å². The molecule has 3 saturated carbocycles. The van der Waals surface area contributed by atoms with E-state index in [1.54, 1.807) is 18.2 Å². The Labute approximate surface area is 337 Å². The fourth-order valence-electron chi connectivity index (χ4n) is 8.47. The molecule has 0 spiro atoms. The molecular weight excluding hydrogens is 758 g/mol. The Morgan fingerprint density at radius 3 is 2.47 bits per heavy atom. The summed E-state index contributed by atoms with van der Waals surface area (Å²) in [5.41, 5.74) is -1.91. The van der Waals surface area contributed by atoms with Gasteiger partial charge in [0, 0.05) is 43.4 Å². The monoisotopic (exact) mass is 811 g/mol. The number of ether oxygens (including phenoxy) is 5. The number of carboxylic acids is 1. The zero-order chi connectivity index (χ0) is 40.6. The molecule has 3 aliphatic carbocycles. The van der Waals surface area contributed by atoms with Crippen molar-refractivity contribution in [2.45, 2.75) is 89.6 Å². The third-order valence-corrected chi connectivity index (χ3v) is 12.3. The molecule has 5 fully saturated rings. The maximum Gasteiger partial charge on any atom is 0.408 e. The van der Waals surface area contributed by atoms with Crippen LogP contribution in [-0.4, -0.2) is 126 Å². The SMILES string of the molecule is C=C[C@@H]1C[C@]1(NC(=O)[C@@H]1C[C@@H](Oc2cc(OCC)nc3c(Cl)c(OCCN4CCOCC4)ccc23)CN1C(=O)[C@@H](NC(=O)OC1C[C@@H]2C[C@@H]2C1)C(C)(C)C)C(=O)O. The highest BCUT2D eigenvalue weighted by molar-refractivity contribution is 6.36. The number of carboxylic acid groups (broad SMARTS) is 1. The third-order valence-electron chi connectivity index (χ3n) is 11.9. The number of aliphatic carboxylic acids is 1. The Morgan fingerprint density at radius 2 is 1.82 bits per heavy atom. The molecule has 5 aliphatic rings. The first kappa shape index (κ1) is 40.8. The number of hydrogen-bond acceptors (Lipinski definition) is 11. The number of aromatic nitrogens is 1. The van der Waals surface area contributed by atoms with Crippen molar-refractivity contribution in [3.63, 3.8) is 0 Å². The summed E-state index contributed by atoms with van der Waals surface area (Å²) < 4.78 is 29.7. The molecule has 57 heavy (non-hydrogen) atoms. The lowest BCUT2D eigenvalue weighted by molar-refractivity contribution is -0.146. The van der Waals surface area contributed by atoms with Crippen LogP contribution in [0.3, 0.4) is 0 Å². The number of halogens is 1. The van der Waals surface area contributed by atoms with Crippen molar-refractivity contribution in [3.05, 3.63) is 35.9 Å². The summed E-state index contributed by atoms with van der Waals surface area (Å²) >= 11 is 6.91. The predicted octanol–water partition coefficient (Wildman–Crippen LogP) is 4.43. The molecule has 3 N–H and O–H groups in total. The van der Waals surface area contributed by atoms with E-state index in [9.17, 15) is 24.3 Å². The van der Waals surface area contributed by atoms with Crippen LogP contribution >= 0.6 is 11.6 Å². The van der Waals surface area contributed by atoms with Crippen LogP contribution in [-0.2, 0) is 23.9 Å². The van der Waals surface area contributed by atoms with Crippen molar-refractivity contribution in [1.82, 2.24) is 25.4 Å². The lowest BCUT2D eigenvalue weighted by Gasteiger charge is -2.35. The number of carbonyl (C=O) groups excluding carboxylic acids is 3. The van der Waals surface area contributed by atoms with E-state index in [0.29, 0.717) is 67.2 Å². The minimum atomic E-state index is -1.52. The van der Waals surface area contributed by atoms with Crippen LogP contribution in [0.4, 0.5) is 4.79 Å². The molecule has 0 radical (unpaired) electrons. The van der Waals surface area contributed by atoms with Crippen molar-refractivity contribution < 1.29 is 48.0 Å². The standard InChI is InChI=1S/C41H54ClN5O10/c1-6-25-21-41(25,38(50)51)45-36(48)29-19-27(22-47(29)37(49)35(40(3,4)5)44-39(52)57-26-17-23-16-24(23)18-26)56-31-20-32(54-7-2)43-34-28(31)8-9-30(33(34)42)55-15-12-46-10-13-53-14-11-46/h6,8-9,20,23-27,29,35H,1,7,10-19,21-22H2,2-5H3,(H,44,52)(H,45,48)(H,50,51)/t23-,24+,25-,26?,27-,29+,35-,41-/m1/s1. The summed E-state index contributed by atoms with van der Waals surface area (Å²) in [5.74, 6) is -0.524. The molecule has 8 atom stereocenters. The van der Waals surface area contributed by atoms with Gasteiger partial charge >= 0.3 is 12.1 Å². The lowest BCUT2D eigenvalue weighted by atomic mass is 9.85. The van der Waals surface area contributed by atoms with E-state index < -0.39 is 58.9 Å². The van der Waals surface area contributed by atoms with Crippen molar-refractivity contribution in [2.75, 3.05) is 52.6 Å². The summed E-state index contributed by atoms with van der Waals surface area (Å²) in [4.78, 5) is 62.6. The van der Waals surface area contributed by atoms with Crippen LogP contribution in [0.5, 0.6) is 17.4 Å². The molecule has 1 aromatic heterocycles. The molecule has 3 heterocycles. The average Bonchev–Trinajstić information content (AvgIpc) is 3.98. The second-order valence-electron chi connectivity index (χ2n) is 17.0. The maximum absolute atomic E-state index is 14.6. The second kappa shape index (κ2) is 16.5. The molecule has 3 amide bonds. The van der Waals surface area contributed by atoms with Crippen LogP contribution in [0.25, 0.3) is 10.9 Å². The number of rotatable bonds is 15. The van der Waals surface area contributed by atoms with Gasteiger partial charge in [-0.15, -0.1) is 6.58 Å². The number of nitrogens with zero attached hydrogens (tertiary/aromatic N) is 3. The number of nitrogens with one attached hydrogen (secondary N) is 2. The zero-order valence-corrected chi connectivity index (χ0v) is 33.8. The van der Waals surface area contributed by atoms with Gasteiger partial charge in [-0.3, -0.25) is 14.5 Å². The molecule has 1 unspecified atom stereocenters. The van der Waals surface area contributed by atoms with E-state index in [2.05, 4.69) is 27.1 Å². The van der Waals surface area contributed by atoms with E-state index >= 15 is 0 Å². The largest absolute Gasteiger partial charge is 0.491 e. The molecule has 0 bridgehead atoms. The number of hydrogen-bond donors (Lipinski definition) is 3. The van der Waals surface area contributed by atoms with Crippen LogP contribution in [0.15, 0.2) is 30.9 Å². The average molecular weight is 812 g/mol. The van der Waals surface area contributed by atoms with E-state index in [4.69, 9.17) is 35.3 Å². The van der Waals surface area contributed by atoms with Gasteiger partial charge in [-0.25, -0.2) is 14.6 Å². The van der Waals surface area contributed by atoms with Crippen molar-refractivity contribution >= 4 is 46.4 Å². The summed E-state index contributed by atoms with van der Waals surface area (Å²) in [6, 6.07) is 3.00. The second-order valence-corrected chi connectivity index (χ2v) is 17.3. The van der Waals surface area contributed by atoms with Gasteiger partial charge in [0.2, 0.25) is 17.7 Å². The van der Waals surface area contributed by atoms with E-state index in [-0.39, 0.29) is 36.4 Å². The van der Waals surface area contributed by atoms with Crippen molar-refractivity contribution in [1.29, 1.82) is 0 Å². The highest BCUT2D eigenvalue weighted by Gasteiger charge is 2.61. The molecule has 2 saturated heterocycles. The van der Waals surface area contributed by atoms with Crippen LogP contribution < -0.4 is 24.8 Å². The van der Waals surface area contributed by atoms with E-state index in [0.717, 1.165) is 25.9 Å². The number of pyridine rings is 1. The van der Waals surface area contributed by atoms with Gasteiger partial charge in [0.1, 0.15) is 58.5 Å². The van der Waals surface area contributed by atoms with Crippen LogP contribution in [0.2, 0.25) is 5.02 Å². The molecule has 310 valence electrons. The Morgan fingerprint density at radius 1 is 1.09 bits per heavy atom. The number of alkyl carbamates (subject to hydrolysis) is 1. The van der Waals surface area contributed by atoms with Gasteiger partial charge in [0.25, 0.3) is 0 Å². The van der Waals surface area contributed by atoms with Gasteiger partial charge in [-0.1, -0.05) is 38.4 Å². The lowest BCUT2D eigenvalue weighted by Crippen LogP contribution is -2.59. The van der Waals surface area contributed by atoms with E-state index in [1.807, 2.05) is 27.7 Å². The Hall–Kier alpha value is -4.34. The number of fused-ring (bicyclic) bond motifs is 2. The maximum atomic E-state index is 14.6. The smallest absolute Gasteiger partial charge is 0.408 e. The van der Waals surface area contributed by atoms with Gasteiger partial charge < -0.3 is 44.3 Å².